The van der Waals surface area contributed by atoms with E-state index in [2.05, 4.69) is 9.97 Å². The Hall–Kier alpha value is -1.95. The number of hydrogen-bond acceptors (Lipinski definition) is 3. The zero-order valence-corrected chi connectivity index (χ0v) is 6.23. The van der Waals surface area contributed by atoms with Crippen molar-refractivity contribution in [2.75, 3.05) is 0 Å². The van der Waals surface area contributed by atoms with Gasteiger partial charge in [-0.25, -0.2) is 0 Å². The highest BCUT2D eigenvalue weighted by atomic mass is 14.7. The summed E-state index contributed by atoms with van der Waals surface area (Å²) in [6.07, 6.45) is 4.91. The van der Waals surface area contributed by atoms with Crippen LogP contribution in [0.25, 0.3) is 10.9 Å². The van der Waals surface area contributed by atoms with Gasteiger partial charge in [0, 0.05) is 17.8 Å². The number of nitriles is 1. The van der Waals surface area contributed by atoms with E-state index in [1.807, 2.05) is 12.1 Å². The predicted octanol–water partition coefficient (Wildman–Crippen LogP) is 1.61. The lowest BCUT2D eigenvalue weighted by atomic mass is 10.2. The first-order valence-corrected chi connectivity index (χ1v) is 3.50. The Morgan fingerprint density at radius 2 is 2.33 bits per heavy atom. The summed E-state index contributed by atoms with van der Waals surface area (Å²) >= 11 is 0. The number of rotatable bonds is 0. The Morgan fingerprint density at radius 1 is 1.42 bits per heavy atom. The molecule has 2 heterocycles. The topological polar surface area (TPSA) is 49.6 Å². The lowest BCUT2D eigenvalue weighted by Crippen LogP contribution is -1.82. The predicted molar refractivity (Wildman–Crippen MR) is 45.4 cm³/mol. The minimum atomic E-state index is 0. The molecule has 0 saturated heterocycles. The van der Waals surface area contributed by atoms with Gasteiger partial charge >= 0.3 is 1.43 Å². The molecule has 0 bridgehead atoms. The number of nitrogens with zero attached hydrogens (tertiary/aromatic N) is 3. The number of hydrogen-bond donors (Lipinski definition) is 0. The Bertz CT molecular complexity index is 462. The molecular formula is C9H6N3+. The molecule has 0 aliphatic rings. The van der Waals surface area contributed by atoms with Crippen LogP contribution < -0.4 is 0 Å². The standard InChI is InChI=1S/C9H5N3/c10-4-7-3-8-1-2-11-6-9(8)12-5-7/h1-3,5-6H/p+1. The van der Waals surface area contributed by atoms with Gasteiger partial charge in [-0.3, -0.25) is 9.97 Å². The van der Waals surface area contributed by atoms with Gasteiger partial charge in [0.15, 0.2) is 0 Å². The first-order chi connectivity index (χ1) is 5.90. The molecule has 0 aromatic carbocycles. The average molecular weight is 156 g/mol. The Morgan fingerprint density at radius 3 is 3.17 bits per heavy atom. The molecule has 0 radical (unpaired) electrons. The lowest BCUT2D eigenvalue weighted by molar-refractivity contribution is 1.30. The molecule has 12 heavy (non-hydrogen) atoms. The first-order valence-electron chi connectivity index (χ1n) is 3.50. The Labute approximate surface area is 70.8 Å². The highest BCUT2D eigenvalue weighted by Gasteiger charge is 1.94. The van der Waals surface area contributed by atoms with E-state index in [-0.39, 0.29) is 1.43 Å². The second-order valence-electron chi connectivity index (χ2n) is 2.40. The molecule has 3 heteroatoms. The van der Waals surface area contributed by atoms with Crippen molar-refractivity contribution in [3.05, 3.63) is 36.3 Å². The van der Waals surface area contributed by atoms with Crippen LogP contribution >= 0.6 is 0 Å². The molecule has 0 N–H and O–H groups in total. The third-order valence-electron chi connectivity index (χ3n) is 1.62. The molecule has 0 atom stereocenters. The summed E-state index contributed by atoms with van der Waals surface area (Å²) in [5, 5.41) is 9.54. The van der Waals surface area contributed by atoms with E-state index in [4.69, 9.17) is 5.26 Å². The maximum atomic E-state index is 8.59. The minimum Gasteiger partial charge on any atom is -0.262 e. The summed E-state index contributed by atoms with van der Waals surface area (Å²) in [5.41, 5.74) is 1.39. The van der Waals surface area contributed by atoms with Crippen LogP contribution in [-0.2, 0) is 0 Å². The average Bonchev–Trinajstić information content (AvgIpc) is 2.17. The molecule has 0 amide bonds. The summed E-state index contributed by atoms with van der Waals surface area (Å²) in [4.78, 5) is 7.99. The van der Waals surface area contributed by atoms with E-state index >= 15 is 0 Å². The smallest absolute Gasteiger partial charge is 0.262 e. The number of aromatic nitrogens is 2. The molecule has 0 spiro atoms. The van der Waals surface area contributed by atoms with Crippen LogP contribution in [0.5, 0.6) is 0 Å². The normalized spacial score (nSPS) is 9.58. The van der Waals surface area contributed by atoms with Crippen molar-refractivity contribution in [3.63, 3.8) is 0 Å². The fourth-order valence-corrected chi connectivity index (χ4v) is 1.03. The summed E-state index contributed by atoms with van der Waals surface area (Å²) < 4.78 is 0. The van der Waals surface area contributed by atoms with Crippen LogP contribution in [0.4, 0.5) is 0 Å². The van der Waals surface area contributed by atoms with E-state index in [0.717, 1.165) is 10.9 Å². The molecule has 2 rings (SSSR count). The van der Waals surface area contributed by atoms with Gasteiger partial charge in [-0.2, -0.15) is 5.26 Å². The van der Waals surface area contributed by atoms with Crippen molar-refractivity contribution in [2.45, 2.75) is 0 Å². The van der Waals surface area contributed by atoms with Crippen LogP contribution in [0.1, 0.15) is 6.99 Å². The second kappa shape index (κ2) is 2.59. The molecule has 0 aliphatic carbocycles. The van der Waals surface area contributed by atoms with E-state index in [0.29, 0.717) is 5.56 Å². The van der Waals surface area contributed by atoms with Crippen LogP contribution in [0.2, 0.25) is 0 Å². The van der Waals surface area contributed by atoms with Crippen LogP contribution in [0.3, 0.4) is 0 Å². The number of fused-ring (bicyclic) bond motifs is 1. The van der Waals surface area contributed by atoms with Crippen molar-refractivity contribution in [1.29, 1.82) is 5.26 Å². The third-order valence-corrected chi connectivity index (χ3v) is 1.62. The summed E-state index contributed by atoms with van der Waals surface area (Å²) in [7, 11) is 0. The Balaban J connectivity index is 0.000000845. The summed E-state index contributed by atoms with van der Waals surface area (Å²) in [6, 6.07) is 5.67. The van der Waals surface area contributed by atoms with Gasteiger partial charge in [-0.1, -0.05) is 0 Å². The molecule has 0 aliphatic heterocycles. The summed E-state index contributed by atoms with van der Waals surface area (Å²) in [5.74, 6) is 0. The second-order valence-corrected chi connectivity index (χ2v) is 2.40. The monoisotopic (exact) mass is 156 g/mol. The largest absolute Gasteiger partial charge is 1.00 e. The van der Waals surface area contributed by atoms with E-state index in [9.17, 15) is 0 Å². The highest BCUT2D eigenvalue weighted by Crippen LogP contribution is 2.09. The maximum Gasteiger partial charge on any atom is 1.00 e. The molecule has 0 fully saturated rings. The minimum absolute atomic E-state index is 0. The first kappa shape index (κ1) is 6.74. The zero-order chi connectivity index (χ0) is 8.39. The fraction of sp³-hybridized carbons (Fsp3) is 0. The van der Waals surface area contributed by atoms with E-state index in [1.165, 1.54) is 0 Å². The van der Waals surface area contributed by atoms with Crippen molar-refractivity contribution >= 4 is 10.9 Å². The zero-order valence-electron chi connectivity index (χ0n) is 7.23. The van der Waals surface area contributed by atoms with Crippen LogP contribution in [-0.4, -0.2) is 9.97 Å². The van der Waals surface area contributed by atoms with Crippen LogP contribution in [0, 0.1) is 11.3 Å². The van der Waals surface area contributed by atoms with Crippen molar-refractivity contribution < 1.29 is 1.43 Å². The van der Waals surface area contributed by atoms with Gasteiger partial charge in [0.1, 0.15) is 6.07 Å². The lowest BCUT2D eigenvalue weighted by Gasteiger charge is -1.94. The molecule has 0 unspecified atom stereocenters. The third kappa shape index (κ3) is 0.995. The molecule has 2 aromatic rings. The maximum absolute atomic E-state index is 8.59. The molecule has 56 valence electrons. The molecule has 0 saturated carbocycles. The van der Waals surface area contributed by atoms with Gasteiger partial charge < -0.3 is 0 Å². The van der Waals surface area contributed by atoms with Gasteiger partial charge in [-0.15, -0.1) is 0 Å². The molecule has 3 nitrogen and oxygen atoms in total. The van der Waals surface area contributed by atoms with E-state index in [1.54, 1.807) is 24.7 Å². The van der Waals surface area contributed by atoms with Crippen molar-refractivity contribution in [2.24, 2.45) is 0 Å². The van der Waals surface area contributed by atoms with Crippen LogP contribution in [0.15, 0.2) is 30.7 Å². The number of pyridine rings is 2. The van der Waals surface area contributed by atoms with Gasteiger partial charge in [0.05, 0.1) is 17.3 Å². The molecule has 2 aromatic heterocycles. The summed E-state index contributed by atoms with van der Waals surface area (Å²) in [6.45, 7) is 0. The Kier molecular flexibility index (Phi) is 1.45. The van der Waals surface area contributed by atoms with Crippen molar-refractivity contribution in [3.8, 4) is 6.07 Å². The van der Waals surface area contributed by atoms with Gasteiger partial charge in [0.2, 0.25) is 0 Å². The van der Waals surface area contributed by atoms with Gasteiger partial charge in [0.25, 0.3) is 0 Å². The SMILES string of the molecule is N#Cc1cnc2cnccc2c1.[H+]. The van der Waals surface area contributed by atoms with Gasteiger partial charge in [-0.05, 0) is 12.1 Å². The fourth-order valence-electron chi connectivity index (χ4n) is 1.03. The van der Waals surface area contributed by atoms with E-state index < -0.39 is 0 Å². The van der Waals surface area contributed by atoms with Crippen molar-refractivity contribution in [1.82, 2.24) is 9.97 Å². The molecular weight excluding hydrogens is 150 g/mol. The quantitative estimate of drug-likeness (QED) is 0.582. The highest BCUT2D eigenvalue weighted by molar-refractivity contribution is 5.78.